The van der Waals surface area contributed by atoms with Gasteiger partial charge in [-0.2, -0.15) is 0 Å². The minimum absolute atomic E-state index is 0.778. The predicted molar refractivity (Wildman–Crippen MR) is 87.4 cm³/mol. The van der Waals surface area contributed by atoms with Crippen LogP contribution in [0.2, 0.25) is 0 Å². The number of pyridine rings is 1. The molecule has 4 heterocycles. The molecule has 0 amide bonds. The smallest absolute Gasteiger partial charge is 0.137 e. The molecule has 108 valence electrons. The molecule has 1 saturated heterocycles. The first-order valence-corrected chi connectivity index (χ1v) is 8.22. The maximum Gasteiger partial charge on any atom is 0.137 e. The Morgan fingerprint density at radius 1 is 1.19 bits per heavy atom. The number of rotatable bonds is 3. The molecule has 0 unspecified atom stereocenters. The highest BCUT2D eigenvalue weighted by Gasteiger charge is 2.19. The fourth-order valence-electron chi connectivity index (χ4n) is 3.02. The molecule has 0 aliphatic carbocycles. The van der Waals surface area contributed by atoms with Gasteiger partial charge < -0.3 is 5.73 Å². The minimum Gasteiger partial charge on any atom is -0.398 e. The number of thiophene rings is 1. The first-order valence-electron chi connectivity index (χ1n) is 7.34. The van der Waals surface area contributed by atoms with Crippen molar-refractivity contribution in [2.75, 3.05) is 18.8 Å². The van der Waals surface area contributed by atoms with Crippen LogP contribution < -0.4 is 5.73 Å². The average molecular weight is 298 g/mol. The normalized spacial score (nSPS) is 16.0. The van der Waals surface area contributed by atoms with Crippen LogP contribution in [0, 0.1) is 0 Å². The topological polar surface area (TPSA) is 46.6 Å². The van der Waals surface area contributed by atoms with Gasteiger partial charge in [0.05, 0.1) is 10.6 Å². The predicted octanol–water partition coefficient (Wildman–Crippen LogP) is 3.24. The molecule has 0 bridgehead atoms. The number of imidazole rings is 1. The average Bonchev–Trinajstić information content (AvgIpc) is 3.20. The fraction of sp³-hybridized carbons (Fsp3) is 0.312. The van der Waals surface area contributed by atoms with Crippen molar-refractivity contribution in [3.63, 3.8) is 0 Å². The molecule has 1 aliphatic heterocycles. The van der Waals surface area contributed by atoms with E-state index in [9.17, 15) is 0 Å². The number of hydrogen-bond donors (Lipinski definition) is 1. The summed E-state index contributed by atoms with van der Waals surface area (Å²) in [6, 6.07) is 8.14. The second-order valence-corrected chi connectivity index (χ2v) is 6.51. The number of nitrogens with two attached hydrogens (primary N) is 1. The van der Waals surface area contributed by atoms with Crippen LogP contribution in [0.3, 0.4) is 0 Å². The van der Waals surface area contributed by atoms with Crippen LogP contribution in [-0.2, 0) is 6.54 Å². The van der Waals surface area contributed by atoms with E-state index in [-0.39, 0.29) is 0 Å². The van der Waals surface area contributed by atoms with E-state index in [1.165, 1.54) is 36.5 Å². The molecule has 21 heavy (non-hydrogen) atoms. The third-order valence-corrected chi connectivity index (χ3v) is 4.94. The van der Waals surface area contributed by atoms with Crippen LogP contribution in [0.5, 0.6) is 0 Å². The molecule has 4 rings (SSSR count). The quantitative estimate of drug-likeness (QED) is 0.807. The summed E-state index contributed by atoms with van der Waals surface area (Å²) in [6.45, 7) is 3.30. The standard InChI is InChI=1S/C16H18N4S/c17-12-5-6-15-18-16(14-4-3-9-21-14)13(20(15)10-12)11-19-7-1-2-8-19/h3-6,9-10H,1-2,7-8,11,17H2. The number of anilines is 1. The van der Waals surface area contributed by atoms with Crippen LogP contribution in [0.25, 0.3) is 16.2 Å². The van der Waals surface area contributed by atoms with Crippen LogP contribution in [-0.4, -0.2) is 27.4 Å². The van der Waals surface area contributed by atoms with E-state index in [0.717, 1.165) is 23.6 Å². The molecule has 3 aromatic heterocycles. The summed E-state index contributed by atoms with van der Waals surface area (Å²) in [4.78, 5) is 8.56. The Kier molecular flexibility index (Phi) is 3.16. The van der Waals surface area contributed by atoms with Crippen LogP contribution in [0.4, 0.5) is 5.69 Å². The van der Waals surface area contributed by atoms with Gasteiger partial charge in [-0.1, -0.05) is 6.07 Å². The summed E-state index contributed by atoms with van der Waals surface area (Å²) in [6.07, 6.45) is 4.59. The van der Waals surface area contributed by atoms with E-state index >= 15 is 0 Å². The summed E-state index contributed by atoms with van der Waals surface area (Å²) in [5.74, 6) is 0. The maximum absolute atomic E-state index is 5.97. The molecule has 1 fully saturated rings. The van der Waals surface area contributed by atoms with Gasteiger partial charge >= 0.3 is 0 Å². The van der Waals surface area contributed by atoms with Crippen LogP contribution >= 0.6 is 11.3 Å². The molecule has 0 atom stereocenters. The van der Waals surface area contributed by atoms with E-state index in [1.807, 2.05) is 18.3 Å². The van der Waals surface area contributed by atoms with Gasteiger partial charge in [0, 0.05) is 18.4 Å². The third kappa shape index (κ3) is 2.32. The Balaban J connectivity index is 1.86. The van der Waals surface area contributed by atoms with Gasteiger partial charge in [-0.15, -0.1) is 11.3 Å². The zero-order valence-corrected chi connectivity index (χ0v) is 12.6. The maximum atomic E-state index is 5.97. The summed E-state index contributed by atoms with van der Waals surface area (Å²) in [7, 11) is 0. The molecule has 3 aromatic rings. The van der Waals surface area contributed by atoms with Gasteiger partial charge in [-0.25, -0.2) is 4.98 Å². The first kappa shape index (κ1) is 12.9. The zero-order chi connectivity index (χ0) is 14.2. The van der Waals surface area contributed by atoms with E-state index in [4.69, 9.17) is 10.7 Å². The van der Waals surface area contributed by atoms with E-state index in [0.29, 0.717) is 0 Å². The van der Waals surface area contributed by atoms with Crippen LogP contribution in [0.15, 0.2) is 35.8 Å². The molecule has 0 spiro atoms. The van der Waals surface area contributed by atoms with E-state index in [1.54, 1.807) is 11.3 Å². The molecule has 4 nitrogen and oxygen atoms in total. The third-order valence-electron chi connectivity index (χ3n) is 4.07. The van der Waals surface area contributed by atoms with Crippen LogP contribution in [0.1, 0.15) is 18.5 Å². The Morgan fingerprint density at radius 3 is 2.81 bits per heavy atom. The second-order valence-electron chi connectivity index (χ2n) is 5.56. The van der Waals surface area contributed by atoms with Gasteiger partial charge in [0.2, 0.25) is 0 Å². The van der Waals surface area contributed by atoms with Gasteiger partial charge in [0.1, 0.15) is 11.3 Å². The van der Waals surface area contributed by atoms with E-state index < -0.39 is 0 Å². The summed E-state index contributed by atoms with van der Waals surface area (Å²) < 4.78 is 2.16. The lowest BCUT2D eigenvalue weighted by molar-refractivity contribution is 0.327. The Morgan fingerprint density at radius 2 is 2.05 bits per heavy atom. The monoisotopic (exact) mass is 298 g/mol. The molecular weight excluding hydrogens is 280 g/mol. The molecular formula is C16H18N4S. The first-order chi connectivity index (χ1) is 10.3. The molecule has 0 radical (unpaired) electrons. The number of aromatic nitrogens is 2. The number of nitrogens with zero attached hydrogens (tertiary/aromatic N) is 3. The number of nitrogen functional groups attached to an aromatic ring is 1. The second kappa shape index (κ2) is 5.16. The zero-order valence-electron chi connectivity index (χ0n) is 11.8. The van der Waals surface area contributed by atoms with Gasteiger partial charge in [-0.05, 0) is 49.5 Å². The Bertz CT molecular complexity index is 754. The van der Waals surface area contributed by atoms with Crippen molar-refractivity contribution < 1.29 is 0 Å². The lowest BCUT2D eigenvalue weighted by atomic mass is 10.2. The Labute approximate surface area is 127 Å². The van der Waals surface area contributed by atoms with Gasteiger partial charge in [-0.3, -0.25) is 9.30 Å². The molecule has 1 aliphatic rings. The summed E-state index contributed by atoms with van der Waals surface area (Å²) in [5, 5.41) is 2.10. The highest BCUT2D eigenvalue weighted by atomic mass is 32.1. The molecule has 0 saturated carbocycles. The highest BCUT2D eigenvalue weighted by Crippen LogP contribution is 2.30. The van der Waals surface area contributed by atoms with Crippen molar-refractivity contribution >= 4 is 22.7 Å². The van der Waals surface area contributed by atoms with Crippen molar-refractivity contribution in [1.82, 2.24) is 14.3 Å². The lowest BCUT2D eigenvalue weighted by Gasteiger charge is -2.15. The van der Waals surface area contributed by atoms with Crippen molar-refractivity contribution in [1.29, 1.82) is 0 Å². The molecule has 2 N–H and O–H groups in total. The van der Waals surface area contributed by atoms with E-state index in [2.05, 4.69) is 26.8 Å². The lowest BCUT2D eigenvalue weighted by Crippen LogP contribution is -2.19. The Hall–Kier alpha value is -1.85. The SMILES string of the molecule is Nc1ccc2nc(-c3cccs3)c(CN3CCCC3)n2c1. The van der Waals surface area contributed by atoms with Crippen molar-refractivity contribution in [3.05, 3.63) is 41.5 Å². The minimum atomic E-state index is 0.778. The number of fused-ring (bicyclic) bond motifs is 1. The van der Waals surface area contributed by atoms with Gasteiger partial charge in [0.15, 0.2) is 0 Å². The molecule has 5 heteroatoms. The van der Waals surface area contributed by atoms with Gasteiger partial charge in [0.25, 0.3) is 0 Å². The number of likely N-dealkylation sites (tertiary alicyclic amines) is 1. The largest absolute Gasteiger partial charge is 0.398 e. The summed E-state index contributed by atoms with van der Waals surface area (Å²) >= 11 is 1.74. The fourth-order valence-corrected chi connectivity index (χ4v) is 3.76. The van der Waals surface area contributed by atoms with Crippen molar-refractivity contribution in [2.45, 2.75) is 19.4 Å². The summed E-state index contributed by atoms with van der Waals surface area (Å²) in [5.41, 5.74) is 10.1. The highest BCUT2D eigenvalue weighted by molar-refractivity contribution is 7.13. The van der Waals surface area contributed by atoms with Crippen molar-refractivity contribution in [3.8, 4) is 10.6 Å². The number of hydrogen-bond acceptors (Lipinski definition) is 4. The van der Waals surface area contributed by atoms with Crippen molar-refractivity contribution in [2.24, 2.45) is 0 Å². The molecule has 0 aromatic carbocycles.